The van der Waals surface area contributed by atoms with E-state index in [1.807, 2.05) is 11.6 Å². The number of aromatic nitrogens is 2. The lowest BCUT2D eigenvalue weighted by atomic mass is 10.1. The van der Waals surface area contributed by atoms with Gasteiger partial charge in [0.1, 0.15) is 0 Å². The topological polar surface area (TPSA) is 75.2 Å². The zero-order chi connectivity index (χ0) is 20.0. The van der Waals surface area contributed by atoms with Crippen LogP contribution in [0.15, 0.2) is 36.0 Å². The number of nitrogens with one attached hydrogen (secondary N) is 1. The Bertz CT molecular complexity index is 1150. The summed E-state index contributed by atoms with van der Waals surface area (Å²) in [6, 6.07) is 8.74. The lowest BCUT2D eigenvalue weighted by Gasteiger charge is -2.28. The molecule has 1 aliphatic carbocycles. The average molecular weight is 429 g/mol. The molecule has 1 unspecified atom stereocenters. The zero-order valence-electron chi connectivity index (χ0n) is 16.3. The summed E-state index contributed by atoms with van der Waals surface area (Å²) < 4.78 is 28.5. The van der Waals surface area contributed by atoms with Gasteiger partial charge in [-0.3, -0.25) is 14.6 Å². The minimum absolute atomic E-state index is 0.238. The summed E-state index contributed by atoms with van der Waals surface area (Å²) in [6.07, 6.45) is 5.12. The third-order valence-corrected chi connectivity index (χ3v) is 8.58. The van der Waals surface area contributed by atoms with Gasteiger partial charge in [0.05, 0.1) is 32.9 Å². The van der Waals surface area contributed by atoms with Crippen molar-refractivity contribution in [1.82, 2.24) is 14.9 Å². The standard InChI is InChI=1S/C21H24N4O2S2/c1-14(15-4-7-21-20(10-15)23-13-28-21)25-8-2-3-19-16(12-25)9-17(11-22-19)24-29(26,27)18-5-6-18/h4,7,9-11,13-14,18,24H,2-3,5-6,8,12H2,1H3. The number of fused-ring (bicyclic) bond motifs is 2. The third kappa shape index (κ3) is 3.89. The fourth-order valence-electron chi connectivity index (χ4n) is 4.01. The molecule has 2 aromatic heterocycles. The van der Waals surface area contributed by atoms with Crippen LogP contribution in [0.4, 0.5) is 5.69 Å². The van der Waals surface area contributed by atoms with E-state index in [0.29, 0.717) is 5.69 Å². The first kappa shape index (κ1) is 19.0. The van der Waals surface area contributed by atoms with Crippen LogP contribution in [0.2, 0.25) is 0 Å². The van der Waals surface area contributed by atoms with E-state index in [1.165, 1.54) is 10.3 Å². The van der Waals surface area contributed by atoms with E-state index in [0.717, 1.165) is 55.5 Å². The van der Waals surface area contributed by atoms with Gasteiger partial charge in [0, 0.05) is 18.3 Å². The summed E-state index contributed by atoms with van der Waals surface area (Å²) in [5.41, 5.74) is 6.95. The van der Waals surface area contributed by atoms with E-state index in [-0.39, 0.29) is 11.3 Å². The van der Waals surface area contributed by atoms with Crippen molar-refractivity contribution in [2.45, 2.75) is 50.4 Å². The van der Waals surface area contributed by atoms with Gasteiger partial charge in [-0.15, -0.1) is 11.3 Å². The molecule has 0 saturated heterocycles. The van der Waals surface area contributed by atoms with Crippen LogP contribution in [0.1, 0.15) is 49.0 Å². The number of rotatable bonds is 5. The van der Waals surface area contributed by atoms with Crippen molar-refractivity contribution in [2.24, 2.45) is 0 Å². The van der Waals surface area contributed by atoms with Crippen molar-refractivity contribution in [3.8, 4) is 0 Å². The highest BCUT2D eigenvalue weighted by Crippen LogP contribution is 2.32. The number of hydrogen-bond acceptors (Lipinski definition) is 6. The molecule has 1 aromatic carbocycles. The quantitative estimate of drug-likeness (QED) is 0.662. The molecule has 3 heterocycles. The molecule has 0 radical (unpaired) electrons. The van der Waals surface area contributed by atoms with Crippen molar-refractivity contribution in [2.75, 3.05) is 11.3 Å². The molecular formula is C21H24N4O2S2. The molecule has 29 heavy (non-hydrogen) atoms. The number of thiazole rings is 1. The van der Waals surface area contributed by atoms with Crippen molar-refractivity contribution < 1.29 is 8.42 Å². The number of pyridine rings is 1. The molecule has 0 amide bonds. The second kappa shape index (κ2) is 7.34. The first-order chi connectivity index (χ1) is 14.0. The summed E-state index contributed by atoms with van der Waals surface area (Å²) >= 11 is 1.66. The largest absolute Gasteiger partial charge is 0.292 e. The maximum Gasteiger partial charge on any atom is 0.235 e. The van der Waals surface area contributed by atoms with Crippen LogP contribution in [0.25, 0.3) is 10.2 Å². The van der Waals surface area contributed by atoms with Gasteiger partial charge in [0.2, 0.25) is 10.0 Å². The van der Waals surface area contributed by atoms with Gasteiger partial charge in [-0.05, 0) is 68.5 Å². The molecule has 1 aliphatic heterocycles. The Morgan fingerprint density at radius 2 is 2.10 bits per heavy atom. The zero-order valence-corrected chi connectivity index (χ0v) is 18.0. The van der Waals surface area contributed by atoms with E-state index in [4.69, 9.17) is 0 Å². The lowest BCUT2D eigenvalue weighted by molar-refractivity contribution is 0.205. The molecule has 3 aromatic rings. The van der Waals surface area contributed by atoms with Crippen LogP contribution < -0.4 is 4.72 Å². The van der Waals surface area contributed by atoms with Crippen LogP contribution in [0.5, 0.6) is 0 Å². The van der Waals surface area contributed by atoms with Crippen molar-refractivity contribution in [3.05, 3.63) is 52.8 Å². The van der Waals surface area contributed by atoms with E-state index in [9.17, 15) is 8.42 Å². The molecule has 5 rings (SSSR count). The molecule has 6 nitrogen and oxygen atoms in total. The van der Waals surface area contributed by atoms with Crippen LogP contribution in [-0.4, -0.2) is 35.1 Å². The highest BCUT2D eigenvalue weighted by atomic mass is 32.2. The average Bonchev–Trinajstić information content (AvgIpc) is 3.49. The van der Waals surface area contributed by atoms with E-state index >= 15 is 0 Å². The Kier molecular flexibility index (Phi) is 4.80. The maximum absolute atomic E-state index is 12.3. The summed E-state index contributed by atoms with van der Waals surface area (Å²) in [5.74, 6) is 0. The van der Waals surface area contributed by atoms with Gasteiger partial charge >= 0.3 is 0 Å². The number of hydrogen-bond donors (Lipinski definition) is 1. The predicted octanol–water partition coefficient (Wildman–Crippen LogP) is 4.10. The van der Waals surface area contributed by atoms with Crippen molar-refractivity contribution in [1.29, 1.82) is 0 Å². The molecule has 2 aliphatic rings. The Balaban J connectivity index is 1.39. The highest BCUT2D eigenvalue weighted by molar-refractivity contribution is 7.93. The van der Waals surface area contributed by atoms with Gasteiger partial charge in [-0.2, -0.15) is 0 Å². The molecule has 8 heteroatoms. The summed E-state index contributed by atoms with van der Waals surface area (Å²) in [4.78, 5) is 11.5. The molecule has 1 atom stereocenters. The highest BCUT2D eigenvalue weighted by Gasteiger charge is 2.36. The Morgan fingerprint density at radius 3 is 2.93 bits per heavy atom. The Morgan fingerprint density at radius 1 is 1.24 bits per heavy atom. The summed E-state index contributed by atoms with van der Waals surface area (Å²) in [5, 5.41) is -0.238. The van der Waals surface area contributed by atoms with Crippen molar-refractivity contribution in [3.63, 3.8) is 0 Å². The number of nitrogens with zero attached hydrogens (tertiary/aromatic N) is 3. The van der Waals surface area contributed by atoms with E-state index in [2.05, 4.69) is 44.7 Å². The van der Waals surface area contributed by atoms with Gasteiger partial charge < -0.3 is 0 Å². The monoisotopic (exact) mass is 428 g/mol. The van der Waals surface area contributed by atoms with Crippen LogP contribution in [0.3, 0.4) is 0 Å². The second-order valence-corrected chi connectivity index (χ2v) is 10.9. The molecule has 1 N–H and O–H groups in total. The fourth-order valence-corrected chi connectivity index (χ4v) is 6.03. The van der Waals surface area contributed by atoms with Crippen molar-refractivity contribution >= 4 is 37.3 Å². The molecule has 152 valence electrons. The Hall–Kier alpha value is -2.03. The SMILES string of the molecule is CC(c1ccc2scnc2c1)N1CCCc2ncc(NS(=O)(=O)C3CC3)cc2C1. The predicted molar refractivity (Wildman–Crippen MR) is 117 cm³/mol. The molecular weight excluding hydrogens is 404 g/mol. The third-order valence-electron chi connectivity index (χ3n) is 5.90. The Labute approximate surface area is 175 Å². The van der Waals surface area contributed by atoms with E-state index < -0.39 is 10.0 Å². The van der Waals surface area contributed by atoms with Gasteiger partial charge in [0.25, 0.3) is 0 Å². The van der Waals surface area contributed by atoms with Crippen LogP contribution >= 0.6 is 11.3 Å². The number of benzene rings is 1. The van der Waals surface area contributed by atoms with E-state index in [1.54, 1.807) is 17.5 Å². The maximum atomic E-state index is 12.3. The fraction of sp³-hybridized carbons (Fsp3) is 0.429. The number of anilines is 1. The second-order valence-electron chi connectivity index (χ2n) is 8.01. The van der Waals surface area contributed by atoms with Crippen LogP contribution in [0, 0.1) is 0 Å². The number of aryl methyl sites for hydroxylation is 1. The first-order valence-corrected chi connectivity index (χ1v) is 12.5. The van der Waals surface area contributed by atoms with Gasteiger partial charge in [-0.1, -0.05) is 6.07 Å². The summed E-state index contributed by atoms with van der Waals surface area (Å²) in [7, 11) is -3.27. The normalized spacial score (nSPS) is 18.9. The van der Waals surface area contributed by atoms with Gasteiger partial charge in [-0.25, -0.2) is 13.4 Å². The number of sulfonamides is 1. The smallest absolute Gasteiger partial charge is 0.235 e. The minimum Gasteiger partial charge on any atom is -0.292 e. The lowest BCUT2D eigenvalue weighted by Crippen LogP contribution is -2.27. The first-order valence-electron chi connectivity index (χ1n) is 10.1. The molecule has 1 saturated carbocycles. The molecule has 0 spiro atoms. The van der Waals surface area contributed by atoms with Gasteiger partial charge in [0.15, 0.2) is 0 Å². The summed E-state index contributed by atoms with van der Waals surface area (Å²) in [6.45, 7) is 3.97. The molecule has 1 fully saturated rings. The molecule has 0 bridgehead atoms. The van der Waals surface area contributed by atoms with Crippen LogP contribution in [-0.2, 0) is 23.0 Å². The minimum atomic E-state index is -3.27.